The van der Waals surface area contributed by atoms with Gasteiger partial charge >= 0.3 is 18.3 Å². The molecule has 12 nitrogen and oxygen atoms in total. The van der Waals surface area contributed by atoms with Crippen LogP contribution in [0.25, 0.3) is 0 Å². The maximum absolute atomic E-state index is 12.8. The quantitative estimate of drug-likeness (QED) is 0.283. The topological polar surface area (TPSA) is 149 Å². The van der Waals surface area contributed by atoms with Gasteiger partial charge in [0.25, 0.3) is 0 Å². The van der Waals surface area contributed by atoms with Crippen molar-refractivity contribution in [3.63, 3.8) is 0 Å². The van der Waals surface area contributed by atoms with Gasteiger partial charge in [-0.05, 0) is 39.2 Å². The lowest BCUT2D eigenvalue weighted by molar-refractivity contribution is -0.154. The van der Waals surface area contributed by atoms with E-state index in [0.717, 1.165) is 0 Å². The number of amides is 1. The van der Waals surface area contributed by atoms with Gasteiger partial charge in [0.2, 0.25) is 5.95 Å². The molecular weight excluding hydrogens is 595 g/mol. The predicted octanol–water partition coefficient (Wildman–Crippen LogP) is 2.79. The molecule has 1 aromatic carbocycles. The van der Waals surface area contributed by atoms with E-state index < -0.39 is 56.6 Å². The summed E-state index contributed by atoms with van der Waals surface area (Å²) in [6.45, 7) is 4.77. The largest absolute Gasteiger partial charge is 0.454 e. The molecule has 0 bridgehead atoms. The van der Waals surface area contributed by atoms with E-state index in [0.29, 0.717) is 11.8 Å². The van der Waals surface area contributed by atoms with Crippen LogP contribution in [0.5, 0.6) is 6.01 Å². The van der Waals surface area contributed by atoms with Gasteiger partial charge in [-0.2, -0.15) is 28.1 Å². The van der Waals surface area contributed by atoms with E-state index in [2.05, 4.69) is 15.0 Å². The monoisotopic (exact) mass is 627 g/mol. The smallest absolute Gasteiger partial charge is 0.422 e. The lowest BCUT2D eigenvalue weighted by Gasteiger charge is -2.35. The van der Waals surface area contributed by atoms with Crippen molar-refractivity contribution in [1.29, 1.82) is 0 Å². The molecule has 2 fully saturated rings. The van der Waals surface area contributed by atoms with Gasteiger partial charge in [-0.15, -0.1) is 0 Å². The number of halogens is 3. The number of hydrogen-bond donors (Lipinski definition) is 0. The molecule has 16 heteroatoms. The van der Waals surface area contributed by atoms with Crippen LogP contribution < -0.4 is 9.64 Å². The van der Waals surface area contributed by atoms with Crippen LogP contribution in [0.15, 0.2) is 24.3 Å². The molecule has 2 aromatic rings. The first kappa shape index (κ1) is 32.1. The van der Waals surface area contributed by atoms with Gasteiger partial charge in [0.1, 0.15) is 28.2 Å². The summed E-state index contributed by atoms with van der Waals surface area (Å²) >= 11 is 0. The average Bonchev–Trinajstić information content (AvgIpc) is 3.73. The summed E-state index contributed by atoms with van der Waals surface area (Å²) in [5.74, 6) is -1.27. The van der Waals surface area contributed by atoms with Crippen molar-refractivity contribution < 1.29 is 45.4 Å². The fourth-order valence-corrected chi connectivity index (χ4v) is 5.92. The molecule has 0 radical (unpaired) electrons. The first-order valence-electron chi connectivity index (χ1n) is 13.5. The molecule has 1 aliphatic heterocycles. The molecule has 0 spiro atoms. The van der Waals surface area contributed by atoms with E-state index in [9.17, 15) is 36.0 Å². The number of ether oxygens (including phenoxy) is 2. The molecule has 1 aliphatic carbocycles. The number of alkyl halides is 3. The van der Waals surface area contributed by atoms with E-state index in [4.69, 9.17) is 9.47 Å². The Kier molecular flexibility index (Phi) is 9.00. The summed E-state index contributed by atoms with van der Waals surface area (Å²) in [6, 6.07) is 5.42. The summed E-state index contributed by atoms with van der Waals surface area (Å²) in [5, 5.41) is 0. The fourth-order valence-electron chi connectivity index (χ4n) is 4.25. The number of carbonyl (C=O) groups excluding carboxylic acids is 3. The van der Waals surface area contributed by atoms with Gasteiger partial charge in [0, 0.05) is 38.2 Å². The molecule has 1 saturated heterocycles. The fraction of sp³-hybridized carbons (Fsp3) is 0.556. The van der Waals surface area contributed by atoms with Crippen LogP contribution in [0.3, 0.4) is 0 Å². The lowest BCUT2D eigenvalue weighted by atomic mass is 10.1. The normalized spacial score (nSPS) is 16.9. The van der Waals surface area contributed by atoms with Crippen molar-refractivity contribution >= 4 is 33.9 Å². The molecule has 0 N–H and O–H groups in total. The number of rotatable bonds is 10. The van der Waals surface area contributed by atoms with Crippen LogP contribution in [0, 0.1) is 0 Å². The van der Waals surface area contributed by atoms with Gasteiger partial charge in [0.15, 0.2) is 22.2 Å². The molecule has 4 rings (SSSR count). The highest BCUT2D eigenvalue weighted by Gasteiger charge is 2.55. The molecule has 1 aromatic heterocycles. The number of carbonyl (C=O) groups is 3. The van der Waals surface area contributed by atoms with Crippen LogP contribution in [0.1, 0.15) is 55.4 Å². The number of aromatic nitrogens is 3. The minimum absolute atomic E-state index is 0.0385. The maximum Gasteiger partial charge on any atom is 0.422 e. The van der Waals surface area contributed by atoms with Crippen molar-refractivity contribution in [3.05, 3.63) is 41.2 Å². The number of ketones is 1. The zero-order valence-electron chi connectivity index (χ0n) is 23.9. The van der Waals surface area contributed by atoms with E-state index in [-0.39, 0.29) is 62.8 Å². The number of anilines is 1. The van der Waals surface area contributed by atoms with Crippen molar-refractivity contribution in [1.82, 2.24) is 19.9 Å². The number of sulfone groups is 1. The molecule has 1 amide bonds. The Morgan fingerprint density at radius 2 is 1.63 bits per heavy atom. The van der Waals surface area contributed by atoms with Gasteiger partial charge < -0.3 is 24.1 Å². The second-order valence-corrected chi connectivity index (χ2v) is 13.8. The number of nitrogens with zero attached hydrogens (tertiary/aromatic N) is 5. The Bertz CT molecular complexity index is 1470. The number of Topliss-reactive ketones (excluding diaryl/α,β-unsaturated/α-hetero) is 1. The molecule has 0 atom stereocenters. The van der Waals surface area contributed by atoms with Gasteiger partial charge in [0.05, 0.1) is 0 Å². The predicted molar refractivity (Wildman–Crippen MR) is 147 cm³/mol. The SMILES string of the molecule is CC(C)(C)OC(=O)N1CCN(c2nc(Cc3ccc(C(=O)CS(=O)(=O)C4(C=O)CC4)cc3)nc(OCC(F)(F)F)n2)CC1. The number of piperazine rings is 1. The standard InChI is InChI=1S/C27H32F3N5O7S/c1-25(2,3)42-24(38)35-12-10-34(11-13-35)22-31-21(32-23(33-22)41-17-27(28,29)30)14-18-4-6-19(7-5-18)20(37)15-43(39,40)26(16-36)8-9-26/h4-7,16H,8-15,17H2,1-3H3. The zero-order chi connectivity index (χ0) is 31.6. The Balaban J connectivity index is 1.47. The third-order valence-corrected chi connectivity index (χ3v) is 9.15. The summed E-state index contributed by atoms with van der Waals surface area (Å²) in [7, 11) is -3.93. The van der Waals surface area contributed by atoms with Crippen LogP contribution in [-0.2, 0) is 25.8 Å². The van der Waals surface area contributed by atoms with E-state index in [1.54, 1.807) is 37.8 Å². The van der Waals surface area contributed by atoms with Crippen LogP contribution >= 0.6 is 0 Å². The Morgan fingerprint density at radius 3 is 2.16 bits per heavy atom. The minimum atomic E-state index is -4.62. The second kappa shape index (κ2) is 12.1. The Morgan fingerprint density at radius 1 is 1.00 bits per heavy atom. The van der Waals surface area contributed by atoms with E-state index >= 15 is 0 Å². The highest BCUT2D eigenvalue weighted by molar-refractivity contribution is 7.94. The third-order valence-electron chi connectivity index (χ3n) is 6.76. The van der Waals surface area contributed by atoms with Gasteiger partial charge in [-0.3, -0.25) is 4.79 Å². The maximum atomic E-state index is 12.8. The first-order valence-corrected chi connectivity index (χ1v) is 15.1. The van der Waals surface area contributed by atoms with Gasteiger partial charge in [-0.25, -0.2) is 13.2 Å². The van der Waals surface area contributed by atoms with Crippen molar-refractivity contribution in [3.8, 4) is 6.01 Å². The number of aldehydes is 1. The van der Waals surface area contributed by atoms with E-state index in [1.807, 2.05) is 0 Å². The molecule has 43 heavy (non-hydrogen) atoms. The van der Waals surface area contributed by atoms with Crippen molar-refractivity contribution in [2.24, 2.45) is 0 Å². The number of hydrogen-bond acceptors (Lipinski definition) is 11. The zero-order valence-corrected chi connectivity index (χ0v) is 24.7. The van der Waals surface area contributed by atoms with Crippen molar-refractivity contribution in [2.45, 2.75) is 56.6 Å². The van der Waals surface area contributed by atoms with Crippen LogP contribution in [0.2, 0.25) is 0 Å². The molecule has 2 heterocycles. The van der Waals surface area contributed by atoms with Crippen LogP contribution in [-0.4, -0.2) is 101 Å². The minimum Gasteiger partial charge on any atom is -0.454 e. The number of benzene rings is 1. The molecular formula is C27H32F3N5O7S. The summed E-state index contributed by atoms with van der Waals surface area (Å²) in [5.41, 5.74) is 0.0446. The summed E-state index contributed by atoms with van der Waals surface area (Å²) < 4.78 is 72.2. The van der Waals surface area contributed by atoms with E-state index in [1.165, 1.54) is 17.0 Å². The summed E-state index contributed by atoms with van der Waals surface area (Å²) in [6.07, 6.45) is -4.27. The summed E-state index contributed by atoms with van der Waals surface area (Å²) in [4.78, 5) is 51.9. The Hall–Kier alpha value is -3.82. The molecule has 1 saturated carbocycles. The highest BCUT2D eigenvalue weighted by Crippen LogP contribution is 2.42. The third kappa shape index (κ3) is 8.39. The molecule has 0 unspecified atom stereocenters. The first-order chi connectivity index (χ1) is 20.0. The van der Waals surface area contributed by atoms with Crippen LogP contribution in [0.4, 0.5) is 23.9 Å². The van der Waals surface area contributed by atoms with Crippen molar-refractivity contribution in [2.75, 3.05) is 43.4 Å². The molecule has 234 valence electrons. The highest BCUT2D eigenvalue weighted by atomic mass is 32.2. The van der Waals surface area contributed by atoms with Gasteiger partial charge in [-0.1, -0.05) is 24.3 Å². The average molecular weight is 628 g/mol. The lowest BCUT2D eigenvalue weighted by Crippen LogP contribution is -2.50. The molecule has 2 aliphatic rings. The second-order valence-electron chi connectivity index (χ2n) is 11.4. The Labute approximate surface area is 246 Å².